The second kappa shape index (κ2) is 5.38. The first-order chi connectivity index (χ1) is 9.39. The van der Waals surface area contributed by atoms with E-state index in [0.29, 0.717) is 11.5 Å². The minimum atomic E-state index is -3.59. The zero-order valence-corrected chi connectivity index (χ0v) is 11.7. The molecule has 1 N–H and O–H groups in total. The maximum Gasteiger partial charge on any atom is 0.206 e. The molecule has 0 spiro atoms. The molecule has 2 aromatic carbocycles. The Bertz CT molecular complexity index is 713. The average molecular weight is 290 g/mol. The molecule has 0 amide bonds. The number of sulfone groups is 1. The van der Waals surface area contributed by atoms with E-state index in [1.165, 1.54) is 36.4 Å². The van der Waals surface area contributed by atoms with Crippen LogP contribution >= 0.6 is 0 Å². The molecule has 104 valence electrons. The Morgan fingerprint density at radius 2 is 1.45 bits per heavy atom. The summed E-state index contributed by atoms with van der Waals surface area (Å²) in [6.07, 6.45) is 0. The monoisotopic (exact) mass is 290 g/mol. The van der Waals surface area contributed by atoms with Crippen molar-refractivity contribution in [1.82, 2.24) is 0 Å². The smallest absolute Gasteiger partial charge is 0.206 e. The Balaban J connectivity index is 2.34. The molecule has 0 aromatic heterocycles. The summed E-state index contributed by atoms with van der Waals surface area (Å²) in [5, 5.41) is 9.19. The minimum absolute atomic E-state index is 0.0224. The number of aromatic hydroxyl groups is 1. The predicted molar refractivity (Wildman–Crippen MR) is 75.4 cm³/mol. The van der Waals surface area contributed by atoms with Gasteiger partial charge in [0, 0.05) is 0 Å². The number of hydrogen-bond acceptors (Lipinski definition) is 4. The van der Waals surface area contributed by atoms with Crippen LogP contribution in [0.3, 0.4) is 0 Å². The van der Waals surface area contributed by atoms with Crippen molar-refractivity contribution < 1.29 is 18.3 Å². The Morgan fingerprint density at radius 3 is 1.90 bits per heavy atom. The van der Waals surface area contributed by atoms with Crippen LogP contribution in [0.25, 0.3) is 0 Å². The van der Waals surface area contributed by atoms with Gasteiger partial charge in [-0.3, -0.25) is 0 Å². The molecule has 0 aliphatic rings. The van der Waals surface area contributed by atoms with Gasteiger partial charge in [-0.25, -0.2) is 8.42 Å². The van der Waals surface area contributed by atoms with E-state index in [2.05, 4.69) is 6.58 Å². The van der Waals surface area contributed by atoms with Gasteiger partial charge in [-0.15, -0.1) is 0 Å². The molecular formula is C15H14O4S. The highest BCUT2D eigenvalue weighted by Gasteiger charge is 2.17. The van der Waals surface area contributed by atoms with E-state index >= 15 is 0 Å². The normalized spacial score (nSPS) is 11.1. The number of allylic oxidation sites excluding steroid dienone is 1. The second-order valence-electron chi connectivity index (χ2n) is 4.27. The van der Waals surface area contributed by atoms with Gasteiger partial charge >= 0.3 is 0 Å². The highest BCUT2D eigenvalue weighted by atomic mass is 32.2. The summed E-state index contributed by atoms with van der Waals surface area (Å²) < 4.78 is 30.0. The summed E-state index contributed by atoms with van der Waals surface area (Å²) in [6.45, 7) is 5.32. The molecule has 0 aliphatic heterocycles. The molecule has 0 saturated carbocycles. The lowest BCUT2D eigenvalue weighted by molar-refractivity contribution is 0.430. The van der Waals surface area contributed by atoms with Gasteiger partial charge < -0.3 is 9.84 Å². The van der Waals surface area contributed by atoms with Crippen molar-refractivity contribution in [3.05, 3.63) is 60.9 Å². The fourth-order valence-corrected chi connectivity index (χ4v) is 2.91. The number of benzene rings is 2. The molecule has 0 bridgehead atoms. The van der Waals surface area contributed by atoms with Crippen LogP contribution in [0, 0.1) is 0 Å². The van der Waals surface area contributed by atoms with Crippen LogP contribution < -0.4 is 4.74 Å². The Labute approximate surface area is 117 Å². The number of ether oxygens (including phenoxy) is 1. The average Bonchev–Trinajstić information content (AvgIpc) is 2.39. The highest BCUT2D eigenvalue weighted by molar-refractivity contribution is 7.91. The largest absolute Gasteiger partial charge is 0.508 e. The van der Waals surface area contributed by atoms with Crippen molar-refractivity contribution in [3.8, 4) is 11.5 Å². The summed E-state index contributed by atoms with van der Waals surface area (Å²) in [4.78, 5) is 0.293. The zero-order chi connectivity index (χ0) is 14.8. The third kappa shape index (κ3) is 3.00. The van der Waals surface area contributed by atoms with Crippen molar-refractivity contribution in [2.45, 2.75) is 16.7 Å². The lowest BCUT2D eigenvalue weighted by Crippen LogP contribution is -2.01. The molecule has 2 aromatic rings. The summed E-state index contributed by atoms with van der Waals surface area (Å²) >= 11 is 0. The van der Waals surface area contributed by atoms with Crippen molar-refractivity contribution in [1.29, 1.82) is 0 Å². The van der Waals surface area contributed by atoms with Gasteiger partial charge in [0.05, 0.1) is 15.6 Å². The van der Waals surface area contributed by atoms with Crippen molar-refractivity contribution >= 4 is 9.84 Å². The predicted octanol–water partition coefficient (Wildman–Crippen LogP) is 3.14. The molecule has 0 atom stereocenters. The quantitative estimate of drug-likeness (QED) is 0.879. The first-order valence-corrected chi connectivity index (χ1v) is 7.35. The molecule has 4 nitrogen and oxygen atoms in total. The van der Waals surface area contributed by atoms with Gasteiger partial charge in [0.25, 0.3) is 0 Å². The van der Waals surface area contributed by atoms with Gasteiger partial charge in [0.2, 0.25) is 9.84 Å². The van der Waals surface area contributed by atoms with E-state index in [0.717, 1.165) is 0 Å². The van der Waals surface area contributed by atoms with Gasteiger partial charge in [0.15, 0.2) is 0 Å². The van der Waals surface area contributed by atoms with Gasteiger partial charge in [0.1, 0.15) is 11.5 Å². The van der Waals surface area contributed by atoms with Crippen LogP contribution in [0.4, 0.5) is 0 Å². The van der Waals surface area contributed by atoms with Crippen LogP contribution in [-0.4, -0.2) is 13.5 Å². The number of phenols is 1. The molecule has 0 radical (unpaired) electrons. The molecule has 2 rings (SSSR count). The third-order valence-electron chi connectivity index (χ3n) is 2.57. The summed E-state index contributed by atoms with van der Waals surface area (Å²) in [7, 11) is -3.59. The zero-order valence-electron chi connectivity index (χ0n) is 10.9. The molecule has 0 unspecified atom stereocenters. The molecule has 0 heterocycles. The van der Waals surface area contributed by atoms with Crippen LogP contribution in [-0.2, 0) is 9.84 Å². The van der Waals surface area contributed by atoms with Crippen LogP contribution in [0.15, 0.2) is 70.7 Å². The van der Waals surface area contributed by atoms with E-state index in [4.69, 9.17) is 4.74 Å². The third-order valence-corrected chi connectivity index (χ3v) is 4.36. The minimum Gasteiger partial charge on any atom is -0.508 e. The van der Waals surface area contributed by atoms with Crippen LogP contribution in [0.1, 0.15) is 6.92 Å². The summed E-state index contributed by atoms with van der Waals surface area (Å²) in [6, 6.07) is 11.5. The van der Waals surface area contributed by atoms with Crippen LogP contribution in [0.2, 0.25) is 0 Å². The second-order valence-corrected chi connectivity index (χ2v) is 6.22. The SMILES string of the molecule is C=C(C)Oc1ccc(S(=O)(=O)c2ccc(O)cc2)cc1. The number of rotatable bonds is 4. The number of hydrogen-bond donors (Lipinski definition) is 1. The van der Waals surface area contributed by atoms with Crippen molar-refractivity contribution in [2.75, 3.05) is 0 Å². The van der Waals surface area contributed by atoms with E-state index < -0.39 is 9.84 Å². The van der Waals surface area contributed by atoms with Gasteiger partial charge in [-0.1, -0.05) is 6.58 Å². The standard InChI is InChI=1S/C15H14O4S/c1-11(2)19-13-5-9-15(10-6-13)20(17,18)14-7-3-12(16)4-8-14/h3-10,16H,1H2,2H3. The Hall–Kier alpha value is -2.27. The first-order valence-electron chi connectivity index (χ1n) is 5.87. The van der Waals surface area contributed by atoms with Gasteiger partial charge in [-0.05, 0) is 55.5 Å². The molecule has 0 fully saturated rings. The summed E-state index contributed by atoms with van der Waals surface area (Å²) in [5.41, 5.74) is 0. The van der Waals surface area contributed by atoms with E-state index in [9.17, 15) is 13.5 Å². The molecule has 0 saturated heterocycles. The van der Waals surface area contributed by atoms with Gasteiger partial charge in [-0.2, -0.15) is 0 Å². The molecular weight excluding hydrogens is 276 g/mol. The molecule has 0 aliphatic carbocycles. The van der Waals surface area contributed by atoms with Crippen molar-refractivity contribution in [3.63, 3.8) is 0 Å². The molecule has 20 heavy (non-hydrogen) atoms. The maximum absolute atomic E-state index is 12.3. The fourth-order valence-electron chi connectivity index (χ4n) is 1.65. The van der Waals surface area contributed by atoms with Crippen LogP contribution in [0.5, 0.6) is 11.5 Å². The number of phenolic OH excluding ortho intramolecular Hbond substituents is 1. The Kier molecular flexibility index (Phi) is 3.81. The van der Waals surface area contributed by atoms with Crippen molar-refractivity contribution in [2.24, 2.45) is 0 Å². The Morgan fingerprint density at radius 1 is 1.00 bits per heavy atom. The summed E-state index contributed by atoms with van der Waals surface area (Å²) in [5.74, 6) is 1.08. The topological polar surface area (TPSA) is 63.6 Å². The van der Waals surface area contributed by atoms with E-state index in [1.807, 2.05) is 0 Å². The first kappa shape index (κ1) is 14.1. The maximum atomic E-state index is 12.3. The van der Waals surface area contributed by atoms with E-state index in [1.54, 1.807) is 19.1 Å². The highest BCUT2D eigenvalue weighted by Crippen LogP contribution is 2.24. The molecule has 5 heteroatoms. The fraction of sp³-hybridized carbons (Fsp3) is 0.0667. The van der Waals surface area contributed by atoms with E-state index in [-0.39, 0.29) is 15.5 Å². The lowest BCUT2D eigenvalue weighted by atomic mass is 10.3. The lowest BCUT2D eigenvalue weighted by Gasteiger charge is -2.07.